The number of nitrogens with zero attached hydrogens (tertiary/aromatic N) is 3. The standard InChI is InChI=1S/C23H33N5O/c1-23(2,29)17-14-15-8-9-20(24-16-10-12-27(3)13-11-16)26-21(15)28-19-7-5-4-6-18(19)25-22(17)28/h4-7,9,15-17,22,24-25,29H,8,10-14H2,1-3H3/t15-,17+,22-/m0/s1. The van der Waals surface area contributed by atoms with Crippen molar-refractivity contribution >= 4 is 17.2 Å². The van der Waals surface area contributed by atoms with Crippen molar-refractivity contribution < 1.29 is 5.11 Å². The second kappa shape index (κ2) is 7.03. The lowest BCUT2D eigenvalue weighted by atomic mass is 9.75. The maximum Gasteiger partial charge on any atom is 0.124 e. The van der Waals surface area contributed by atoms with Crippen LogP contribution in [-0.2, 0) is 0 Å². The van der Waals surface area contributed by atoms with Crippen LogP contribution in [0.2, 0.25) is 0 Å². The molecule has 0 radical (unpaired) electrons. The van der Waals surface area contributed by atoms with Crippen molar-refractivity contribution in [2.75, 3.05) is 30.4 Å². The number of likely N-dealkylation sites (tertiary alicyclic amines) is 1. The molecule has 0 bridgehead atoms. The number of fused-ring (bicyclic) bond motifs is 5. The van der Waals surface area contributed by atoms with Crippen molar-refractivity contribution in [2.45, 2.75) is 57.3 Å². The molecule has 0 saturated carbocycles. The first-order valence-corrected chi connectivity index (χ1v) is 11.0. The van der Waals surface area contributed by atoms with Gasteiger partial charge in [0.25, 0.3) is 0 Å². The van der Waals surface area contributed by atoms with Gasteiger partial charge in [0.2, 0.25) is 0 Å². The first kappa shape index (κ1) is 18.9. The Morgan fingerprint density at radius 3 is 2.72 bits per heavy atom. The second-order valence-electron chi connectivity index (χ2n) is 9.69. The van der Waals surface area contributed by atoms with E-state index < -0.39 is 5.60 Å². The Morgan fingerprint density at radius 1 is 1.21 bits per heavy atom. The molecule has 0 amide bonds. The maximum absolute atomic E-state index is 10.9. The van der Waals surface area contributed by atoms with Gasteiger partial charge < -0.3 is 25.5 Å². The fourth-order valence-corrected chi connectivity index (χ4v) is 5.36. The van der Waals surface area contributed by atoms with Crippen LogP contribution in [0.5, 0.6) is 0 Å². The monoisotopic (exact) mass is 395 g/mol. The van der Waals surface area contributed by atoms with Crippen LogP contribution in [0.1, 0.15) is 39.5 Å². The molecule has 0 aromatic heterocycles. The van der Waals surface area contributed by atoms with Crippen LogP contribution in [0, 0.1) is 11.8 Å². The summed E-state index contributed by atoms with van der Waals surface area (Å²) in [5, 5.41) is 18.3. The number of para-hydroxylation sites is 2. The van der Waals surface area contributed by atoms with Crippen LogP contribution in [0.3, 0.4) is 0 Å². The van der Waals surface area contributed by atoms with Gasteiger partial charge >= 0.3 is 0 Å². The molecule has 4 heterocycles. The largest absolute Gasteiger partial charge is 0.390 e. The summed E-state index contributed by atoms with van der Waals surface area (Å²) in [4.78, 5) is 9.88. The van der Waals surface area contributed by atoms with Gasteiger partial charge in [-0.25, -0.2) is 4.99 Å². The minimum Gasteiger partial charge on any atom is -0.390 e. The number of piperidine rings is 2. The number of hydrogen-bond donors (Lipinski definition) is 3. The first-order valence-electron chi connectivity index (χ1n) is 11.0. The van der Waals surface area contributed by atoms with Crippen molar-refractivity contribution in [3.05, 3.63) is 36.2 Å². The molecular formula is C23H33N5O. The van der Waals surface area contributed by atoms with E-state index in [-0.39, 0.29) is 12.1 Å². The first-order chi connectivity index (χ1) is 13.9. The van der Waals surface area contributed by atoms with Crippen molar-refractivity contribution in [1.82, 2.24) is 10.2 Å². The number of amidine groups is 1. The molecule has 1 aromatic carbocycles. The molecule has 3 atom stereocenters. The van der Waals surface area contributed by atoms with Crippen LogP contribution in [0.25, 0.3) is 0 Å². The third-order valence-corrected chi connectivity index (χ3v) is 7.09. The maximum atomic E-state index is 10.9. The summed E-state index contributed by atoms with van der Waals surface area (Å²) in [6.07, 6.45) is 6.57. The zero-order valence-corrected chi connectivity index (χ0v) is 17.7. The molecule has 6 nitrogen and oxygen atoms in total. The number of allylic oxidation sites excluding steroid dienone is 1. The fraction of sp³-hybridized carbons (Fsp3) is 0.609. The summed E-state index contributed by atoms with van der Waals surface area (Å²) in [7, 11) is 2.19. The summed E-state index contributed by atoms with van der Waals surface area (Å²) < 4.78 is 0. The highest BCUT2D eigenvalue weighted by atomic mass is 16.3. The van der Waals surface area contributed by atoms with Gasteiger partial charge in [0, 0.05) is 17.9 Å². The van der Waals surface area contributed by atoms with Crippen molar-refractivity contribution in [3.63, 3.8) is 0 Å². The molecule has 4 aliphatic rings. The molecule has 156 valence electrons. The van der Waals surface area contributed by atoms with E-state index in [9.17, 15) is 5.11 Å². The zero-order valence-electron chi connectivity index (χ0n) is 17.7. The molecule has 0 spiro atoms. The number of rotatable bonds is 3. The number of aliphatic imine (C=N–C) groups is 1. The highest BCUT2D eigenvalue weighted by molar-refractivity contribution is 6.06. The average Bonchev–Trinajstić information content (AvgIpc) is 3.08. The highest BCUT2D eigenvalue weighted by Gasteiger charge is 2.50. The van der Waals surface area contributed by atoms with Crippen molar-refractivity contribution in [1.29, 1.82) is 0 Å². The summed E-state index contributed by atoms with van der Waals surface area (Å²) in [5.74, 6) is 2.65. The minimum atomic E-state index is -0.750. The third-order valence-electron chi connectivity index (χ3n) is 7.09. The van der Waals surface area contributed by atoms with E-state index in [2.05, 4.69) is 57.8 Å². The molecule has 3 N–H and O–H groups in total. The predicted molar refractivity (Wildman–Crippen MR) is 118 cm³/mol. The molecule has 2 fully saturated rings. The van der Waals surface area contributed by atoms with E-state index in [4.69, 9.17) is 4.99 Å². The van der Waals surface area contributed by atoms with Crippen LogP contribution >= 0.6 is 0 Å². The smallest absolute Gasteiger partial charge is 0.124 e. The molecule has 4 aliphatic heterocycles. The van der Waals surface area contributed by atoms with Gasteiger partial charge in [-0.1, -0.05) is 12.1 Å². The molecule has 1 aromatic rings. The van der Waals surface area contributed by atoms with Crippen molar-refractivity contribution in [2.24, 2.45) is 16.8 Å². The molecular weight excluding hydrogens is 362 g/mol. The number of aliphatic hydroxyl groups is 1. The van der Waals surface area contributed by atoms with E-state index in [1.165, 1.54) is 18.5 Å². The topological polar surface area (TPSA) is 63.1 Å². The summed E-state index contributed by atoms with van der Waals surface area (Å²) in [6.45, 7) is 6.16. The lowest BCUT2D eigenvalue weighted by Crippen LogP contribution is -2.59. The van der Waals surface area contributed by atoms with Crippen molar-refractivity contribution in [3.8, 4) is 0 Å². The summed E-state index contributed by atoms with van der Waals surface area (Å²) in [6, 6.07) is 8.95. The fourth-order valence-electron chi connectivity index (χ4n) is 5.36. The van der Waals surface area contributed by atoms with Crippen LogP contribution in [0.4, 0.5) is 11.4 Å². The van der Waals surface area contributed by atoms with E-state index in [1.54, 1.807) is 0 Å². The molecule has 5 rings (SSSR count). The minimum absolute atomic E-state index is 0.0464. The van der Waals surface area contributed by atoms with Crippen LogP contribution in [-0.4, -0.2) is 53.8 Å². The Balaban J connectivity index is 1.44. The Hall–Kier alpha value is -2.05. The summed E-state index contributed by atoms with van der Waals surface area (Å²) >= 11 is 0. The molecule has 0 unspecified atom stereocenters. The number of hydrogen-bond acceptors (Lipinski definition) is 6. The van der Waals surface area contributed by atoms with Crippen LogP contribution < -0.4 is 15.5 Å². The number of anilines is 2. The zero-order chi connectivity index (χ0) is 20.2. The van der Waals surface area contributed by atoms with Gasteiger partial charge in [0.15, 0.2) is 0 Å². The Kier molecular flexibility index (Phi) is 4.59. The molecule has 6 heteroatoms. The molecule has 0 aliphatic carbocycles. The average molecular weight is 396 g/mol. The van der Waals surface area contributed by atoms with E-state index in [0.29, 0.717) is 12.0 Å². The number of nitrogens with one attached hydrogen (secondary N) is 2. The quantitative estimate of drug-likeness (QED) is 0.734. The third kappa shape index (κ3) is 3.42. The lowest BCUT2D eigenvalue weighted by molar-refractivity contribution is -0.00119. The normalized spacial score (nSPS) is 29.9. The Morgan fingerprint density at radius 2 is 1.97 bits per heavy atom. The van der Waals surface area contributed by atoms with Gasteiger partial charge in [0.1, 0.15) is 17.8 Å². The van der Waals surface area contributed by atoms with Gasteiger partial charge in [-0.2, -0.15) is 0 Å². The van der Waals surface area contributed by atoms with Crippen LogP contribution in [0.15, 0.2) is 41.2 Å². The van der Waals surface area contributed by atoms with Gasteiger partial charge in [-0.15, -0.1) is 0 Å². The van der Waals surface area contributed by atoms with E-state index in [1.807, 2.05) is 13.8 Å². The van der Waals surface area contributed by atoms with Gasteiger partial charge in [-0.3, -0.25) is 0 Å². The summed E-state index contributed by atoms with van der Waals surface area (Å²) in [5.41, 5.74) is 1.56. The SMILES string of the molecule is CN1CCC(NC2=CC[C@H]3C[C@@H](C(C)(C)O)[C@H]4Nc5ccccc5N4C3=N2)CC1. The second-order valence-corrected chi connectivity index (χ2v) is 9.69. The Labute approximate surface area is 173 Å². The molecule has 29 heavy (non-hydrogen) atoms. The van der Waals surface area contributed by atoms with Gasteiger partial charge in [-0.05, 0) is 77.9 Å². The van der Waals surface area contributed by atoms with E-state index in [0.717, 1.165) is 43.3 Å². The predicted octanol–water partition coefficient (Wildman–Crippen LogP) is 2.98. The Bertz CT molecular complexity index is 834. The number of benzene rings is 1. The highest BCUT2D eigenvalue weighted by Crippen LogP contribution is 2.47. The molecule has 2 saturated heterocycles. The van der Waals surface area contributed by atoms with Gasteiger partial charge in [0.05, 0.1) is 17.0 Å². The van der Waals surface area contributed by atoms with E-state index >= 15 is 0 Å². The lowest BCUT2D eigenvalue weighted by Gasteiger charge is -2.47.